The largest absolute Gasteiger partial charge is 0.339 e. The van der Waals surface area contributed by atoms with Crippen molar-refractivity contribution in [3.8, 4) is 0 Å². The number of rotatable bonds is 3. The number of nitrogens with one attached hydrogen (secondary N) is 1. The summed E-state index contributed by atoms with van der Waals surface area (Å²) >= 11 is 0. The van der Waals surface area contributed by atoms with Gasteiger partial charge in [-0.05, 0) is 50.5 Å². The molecule has 2 aromatic rings. The molecular formula is C18H21N3O. The highest BCUT2D eigenvalue weighted by atomic mass is 16.2. The Hall–Kier alpha value is -2.36. The highest BCUT2D eigenvalue weighted by Gasteiger charge is 2.22. The monoisotopic (exact) mass is 295 g/mol. The molecule has 0 atom stereocenters. The van der Waals surface area contributed by atoms with Crippen molar-refractivity contribution in [2.24, 2.45) is 0 Å². The fraction of sp³-hybridized carbons (Fsp3) is 0.333. The molecular weight excluding hydrogens is 274 g/mol. The summed E-state index contributed by atoms with van der Waals surface area (Å²) in [5.74, 6) is 0.698. The molecule has 1 fully saturated rings. The van der Waals surface area contributed by atoms with E-state index < -0.39 is 0 Å². The van der Waals surface area contributed by atoms with Crippen molar-refractivity contribution < 1.29 is 4.79 Å². The van der Waals surface area contributed by atoms with Gasteiger partial charge < -0.3 is 10.2 Å². The molecule has 1 amide bonds. The number of hydrogen-bond donors (Lipinski definition) is 1. The van der Waals surface area contributed by atoms with E-state index in [-0.39, 0.29) is 5.91 Å². The van der Waals surface area contributed by atoms with Gasteiger partial charge in [-0.3, -0.25) is 4.79 Å². The number of benzene rings is 1. The van der Waals surface area contributed by atoms with Gasteiger partial charge in [-0.2, -0.15) is 0 Å². The van der Waals surface area contributed by atoms with Gasteiger partial charge in [0.2, 0.25) is 0 Å². The molecule has 114 valence electrons. The number of aryl methyl sites for hydroxylation is 2. The summed E-state index contributed by atoms with van der Waals surface area (Å²) in [7, 11) is 0. The van der Waals surface area contributed by atoms with E-state index in [1.54, 1.807) is 6.20 Å². The van der Waals surface area contributed by atoms with Gasteiger partial charge in [-0.25, -0.2) is 4.98 Å². The molecule has 0 aliphatic carbocycles. The quantitative estimate of drug-likeness (QED) is 0.939. The van der Waals surface area contributed by atoms with Crippen LogP contribution in [-0.2, 0) is 0 Å². The summed E-state index contributed by atoms with van der Waals surface area (Å²) in [4.78, 5) is 18.9. The first-order chi connectivity index (χ1) is 10.6. The van der Waals surface area contributed by atoms with Crippen LogP contribution in [0.15, 0.2) is 36.5 Å². The molecule has 4 nitrogen and oxygen atoms in total. The first kappa shape index (κ1) is 14.6. The Kier molecular flexibility index (Phi) is 4.09. The third kappa shape index (κ3) is 2.96. The topological polar surface area (TPSA) is 45.2 Å². The Morgan fingerprint density at radius 2 is 1.95 bits per heavy atom. The summed E-state index contributed by atoms with van der Waals surface area (Å²) in [6, 6.07) is 9.87. The highest BCUT2D eigenvalue weighted by molar-refractivity contribution is 5.99. The lowest BCUT2D eigenvalue weighted by Gasteiger charge is -2.18. The first-order valence-electron chi connectivity index (χ1n) is 7.74. The van der Waals surface area contributed by atoms with Gasteiger partial charge in [0.1, 0.15) is 5.82 Å². The molecule has 1 N–H and O–H groups in total. The Morgan fingerprint density at radius 1 is 1.18 bits per heavy atom. The smallest absolute Gasteiger partial charge is 0.257 e. The molecule has 1 aliphatic rings. The van der Waals surface area contributed by atoms with Crippen LogP contribution in [0.1, 0.15) is 34.3 Å². The Balaban J connectivity index is 1.89. The van der Waals surface area contributed by atoms with Gasteiger partial charge in [-0.1, -0.05) is 17.7 Å². The maximum absolute atomic E-state index is 12.6. The van der Waals surface area contributed by atoms with Gasteiger partial charge in [0.15, 0.2) is 0 Å². The van der Waals surface area contributed by atoms with Gasteiger partial charge in [0.25, 0.3) is 5.91 Å². The first-order valence-corrected chi connectivity index (χ1v) is 7.74. The standard InChI is InChI=1S/C18H21N3O/c1-13-7-8-16(14(2)12-13)20-17-15(6-5-9-19-17)18(22)21-10-3-4-11-21/h5-9,12H,3-4,10-11H2,1-2H3,(H,19,20). The molecule has 1 saturated heterocycles. The summed E-state index contributed by atoms with van der Waals surface area (Å²) in [5, 5.41) is 3.31. The molecule has 1 aromatic heterocycles. The van der Waals surface area contributed by atoms with Gasteiger partial charge in [0, 0.05) is 25.0 Å². The molecule has 22 heavy (non-hydrogen) atoms. The van der Waals surface area contributed by atoms with E-state index in [2.05, 4.69) is 36.3 Å². The molecule has 2 heterocycles. The second-order valence-electron chi connectivity index (χ2n) is 5.84. The minimum Gasteiger partial charge on any atom is -0.339 e. The molecule has 0 spiro atoms. The normalized spacial score (nSPS) is 14.2. The van der Waals surface area contributed by atoms with Crippen LogP contribution in [0.25, 0.3) is 0 Å². The van der Waals surface area contributed by atoms with Crippen LogP contribution in [0, 0.1) is 13.8 Å². The van der Waals surface area contributed by atoms with E-state index in [4.69, 9.17) is 0 Å². The molecule has 1 aromatic carbocycles. The van der Waals surface area contributed by atoms with Crippen LogP contribution in [0.2, 0.25) is 0 Å². The summed E-state index contributed by atoms with van der Waals surface area (Å²) in [5.41, 5.74) is 3.99. The number of pyridine rings is 1. The summed E-state index contributed by atoms with van der Waals surface area (Å²) in [6.07, 6.45) is 3.89. The predicted octanol–water partition coefficient (Wildman–Crippen LogP) is 3.68. The average Bonchev–Trinajstić information content (AvgIpc) is 3.04. The second kappa shape index (κ2) is 6.18. The fourth-order valence-electron chi connectivity index (χ4n) is 2.85. The maximum atomic E-state index is 12.6. The molecule has 0 unspecified atom stereocenters. The summed E-state index contributed by atoms with van der Waals surface area (Å²) < 4.78 is 0. The van der Waals surface area contributed by atoms with E-state index in [0.29, 0.717) is 11.4 Å². The van der Waals surface area contributed by atoms with Crippen molar-refractivity contribution in [1.29, 1.82) is 0 Å². The van der Waals surface area contributed by atoms with Crippen molar-refractivity contribution in [3.05, 3.63) is 53.2 Å². The van der Waals surface area contributed by atoms with E-state index >= 15 is 0 Å². The number of amides is 1. The van der Waals surface area contributed by atoms with E-state index in [0.717, 1.165) is 37.2 Å². The number of anilines is 2. The molecule has 0 saturated carbocycles. The minimum absolute atomic E-state index is 0.0675. The van der Waals surface area contributed by atoms with Crippen molar-refractivity contribution >= 4 is 17.4 Å². The summed E-state index contributed by atoms with van der Waals surface area (Å²) in [6.45, 7) is 5.81. The molecule has 4 heteroatoms. The van der Waals surface area contributed by atoms with E-state index in [1.807, 2.05) is 23.1 Å². The molecule has 0 radical (unpaired) electrons. The van der Waals surface area contributed by atoms with Crippen LogP contribution in [0.3, 0.4) is 0 Å². The molecule has 0 bridgehead atoms. The zero-order chi connectivity index (χ0) is 15.5. The number of likely N-dealkylation sites (tertiary alicyclic amines) is 1. The van der Waals surface area contributed by atoms with Crippen LogP contribution in [0.4, 0.5) is 11.5 Å². The highest BCUT2D eigenvalue weighted by Crippen LogP contribution is 2.24. The lowest BCUT2D eigenvalue weighted by Crippen LogP contribution is -2.28. The second-order valence-corrected chi connectivity index (χ2v) is 5.84. The van der Waals surface area contributed by atoms with Gasteiger partial charge >= 0.3 is 0 Å². The minimum atomic E-state index is 0.0675. The fourth-order valence-corrected chi connectivity index (χ4v) is 2.85. The Labute approximate surface area is 131 Å². The lowest BCUT2D eigenvalue weighted by molar-refractivity contribution is 0.0793. The van der Waals surface area contributed by atoms with Gasteiger partial charge in [-0.15, -0.1) is 0 Å². The van der Waals surface area contributed by atoms with Crippen molar-refractivity contribution in [2.75, 3.05) is 18.4 Å². The van der Waals surface area contributed by atoms with E-state index in [9.17, 15) is 4.79 Å². The van der Waals surface area contributed by atoms with Crippen molar-refractivity contribution in [2.45, 2.75) is 26.7 Å². The number of aromatic nitrogens is 1. The SMILES string of the molecule is Cc1ccc(Nc2ncccc2C(=O)N2CCCC2)c(C)c1. The van der Waals surface area contributed by atoms with Crippen molar-refractivity contribution in [1.82, 2.24) is 9.88 Å². The number of hydrogen-bond acceptors (Lipinski definition) is 3. The maximum Gasteiger partial charge on any atom is 0.257 e. The molecule has 1 aliphatic heterocycles. The van der Waals surface area contributed by atoms with Gasteiger partial charge in [0.05, 0.1) is 5.56 Å². The van der Waals surface area contributed by atoms with Crippen LogP contribution < -0.4 is 5.32 Å². The van der Waals surface area contributed by atoms with Crippen molar-refractivity contribution in [3.63, 3.8) is 0 Å². The van der Waals surface area contributed by atoms with Crippen LogP contribution in [-0.4, -0.2) is 28.9 Å². The molecule has 3 rings (SSSR count). The third-order valence-electron chi connectivity index (χ3n) is 4.07. The van der Waals surface area contributed by atoms with E-state index in [1.165, 1.54) is 5.56 Å². The predicted molar refractivity (Wildman–Crippen MR) is 88.6 cm³/mol. The van der Waals surface area contributed by atoms with Crippen LogP contribution in [0.5, 0.6) is 0 Å². The average molecular weight is 295 g/mol. The number of carbonyl (C=O) groups is 1. The zero-order valence-electron chi connectivity index (χ0n) is 13.1. The Morgan fingerprint density at radius 3 is 2.68 bits per heavy atom. The Bertz CT molecular complexity index is 690. The third-order valence-corrected chi connectivity index (χ3v) is 4.07. The lowest BCUT2D eigenvalue weighted by atomic mass is 10.1. The number of carbonyl (C=O) groups excluding carboxylic acids is 1. The zero-order valence-corrected chi connectivity index (χ0v) is 13.1. The number of nitrogens with zero attached hydrogens (tertiary/aromatic N) is 2. The van der Waals surface area contributed by atoms with Crippen LogP contribution >= 0.6 is 0 Å².